The lowest BCUT2D eigenvalue weighted by Gasteiger charge is -2.16. The zero-order valence-corrected chi connectivity index (χ0v) is 10.8. The van der Waals surface area contributed by atoms with Crippen LogP contribution in [0.5, 0.6) is 0 Å². The maximum Gasteiger partial charge on any atom is 0.287 e. The summed E-state index contributed by atoms with van der Waals surface area (Å²) in [4.78, 5) is 14.0. The summed E-state index contributed by atoms with van der Waals surface area (Å²) < 4.78 is 0. The van der Waals surface area contributed by atoms with Crippen LogP contribution in [0.15, 0.2) is 48.7 Å². The molecule has 0 aliphatic rings. The molecule has 0 saturated heterocycles. The van der Waals surface area contributed by atoms with Crippen molar-refractivity contribution >= 4 is 11.5 Å². The topological polar surface area (TPSA) is 88.3 Å². The predicted octanol–water partition coefficient (Wildman–Crippen LogP) is 2.01. The third-order valence-electron chi connectivity index (χ3n) is 2.86. The highest BCUT2D eigenvalue weighted by atomic mass is 16.6. The van der Waals surface area contributed by atoms with Gasteiger partial charge in [-0.3, -0.25) is 10.1 Å². The largest absolute Gasteiger partial charge is 0.394 e. The highest BCUT2D eigenvalue weighted by Gasteiger charge is 2.10. The molecule has 0 radical (unpaired) electrons. The molecule has 104 valence electrons. The first-order chi connectivity index (χ1) is 9.69. The van der Waals surface area contributed by atoms with Crippen LogP contribution in [0.25, 0.3) is 0 Å². The van der Waals surface area contributed by atoms with E-state index in [4.69, 9.17) is 0 Å². The lowest BCUT2D eigenvalue weighted by Crippen LogP contribution is -2.26. The quantitative estimate of drug-likeness (QED) is 0.621. The fourth-order valence-electron chi connectivity index (χ4n) is 1.85. The molecule has 6 heteroatoms. The summed E-state index contributed by atoms with van der Waals surface area (Å²) in [6.07, 6.45) is 1.84. The molecule has 2 aromatic rings. The molecule has 0 fully saturated rings. The molecule has 20 heavy (non-hydrogen) atoms. The SMILES string of the molecule is O=[N+]([O-])c1ccc(NC(CO)Cc2ccccc2)nc1. The third kappa shape index (κ3) is 3.76. The minimum atomic E-state index is -0.496. The second-order valence-electron chi connectivity index (χ2n) is 4.37. The average molecular weight is 273 g/mol. The smallest absolute Gasteiger partial charge is 0.287 e. The number of hydrogen-bond donors (Lipinski definition) is 2. The van der Waals surface area contributed by atoms with Gasteiger partial charge in [0.1, 0.15) is 12.0 Å². The summed E-state index contributed by atoms with van der Waals surface area (Å²) in [5.41, 5.74) is 1.04. The molecule has 0 aliphatic heterocycles. The fraction of sp³-hybridized carbons (Fsp3) is 0.214. The minimum absolute atomic E-state index is 0.0481. The zero-order valence-electron chi connectivity index (χ0n) is 10.8. The molecule has 1 aromatic heterocycles. The highest BCUT2D eigenvalue weighted by Crippen LogP contribution is 2.13. The molecule has 1 heterocycles. The van der Waals surface area contributed by atoms with Gasteiger partial charge in [0.05, 0.1) is 17.6 Å². The number of aliphatic hydroxyl groups excluding tert-OH is 1. The van der Waals surface area contributed by atoms with Gasteiger partial charge < -0.3 is 10.4 Å². The van der Waals surface area contributed by atoms with Gasteiger partial charge in [-0.25, -0.2) is 4.98 Å². The number of hydrogen-bond acceptors (Lipinski definition) is 5. The standard InChI is InChI=1S/C14H15N3O3/c18-10-12(8-11-4-2-1-3-5-11)16-14-7-6-13(9-15-14)17(19)20/h1-7,9,12,18H,8,10H2,(H,15,16). The number of rotatable bonds is 6. The highest BCUT2D eigenvalue weighted by molar-refractivity contribution is 5.41. The minimum Gasteiger partial charge on any atom is -0.394 e. The van der Waals surface area contributed by atoms with Gasteiger partial charge in [0.2, 0.25) is 0 Å². The summed E-state index contributed by atoms with van der Waals surface area (Å²) in [5, 5.41) is 23.0. The molecule has 0 saturated carbocycles. The van der Waals surface area contributed by atoms with E-state index in [2.05, 4.69) is 10.3 Å². The molecular weight excluding hydrogens is 258 g/mol. The number of anilines is 1. The number of nitro groups is 1. The number of benzene rings is 1. The van der Waals surface area contributed by atoms with Crippen molar-refractivity contribution in [3.05, 3.63) is 64.3 Å². The van der Waals surface area contributed by atoms with Crippen LogP contribution in [-0.2, 0) is 6.42 Å². The van der Waals surface area contributed by atoms with Crippen LogP contribution in [0.1, 0.15) is 5.56 Å². The maximum absolute atomic E-state index is 10.5. The van der Waals surface area contributed by atoms with E-state index in [1.54, 1.807) is 0 Å². The van der Waals surface area contributed by atoms with Gasteiger partial charge in [-0.1, -0.05) is 30.3 Å². The van der Waals surface area contributed by atoms with Crippen molar-refractivity contribution in [2.75, 3.05) is 11.9 Å². The predicted molar refractivity (Wildman–Crippen MR) is 75.5 cm³/mol. The molecule has 1 aromatic carbocycles. The summed E-state index contributed by atoms with van der Waals surface area (Å²) >= 11 is 0. The Hall–Kier alpha value is -2.47. The van der Waals surface area contributed by atoms with E-state index < -0.39 is 4.92 Å². The van der Waals surface area contributed by atoms with Crippen LogP contribution in [0.4, 0.5) is 11.5 Å². The lowest BCUT2D eigenvalue weighted by molar-refractivity contribution is -0.385. The Bertz CT molecular complexity index is 558. The number of nitrogens with one attached hydrogen (secondary N) is 1. The molecule has 2 N–H and O–H groups in total. The molecule has 0 bridgehead atoms. The van der Waals surface area contributed by atoms with E-state index in [1.807, 2.05) is 30.3 Å². The maximum atomic E-state index is 10.5. The van der Waals surface area contributed by atoms with Crippen molar-refractivity contribution in [3.63, 3.8) is 0 Å². The van der Waals surface area contributed by atoms with Crippen molar-refractivity contribution in [2.45, 2.75) is 12.5 Å². The van der Waals surface area contributed by atoms with Crippen LogP contribution in [-0.4, -0.2) is 27.7 Å². The van der Waals surface area contributed by atoms with Gasteiger partial charge in [0.25, 0.3) is 5.69 Å². The van der Waals surface area contributed by atoms with E-state index in [9.17, 15) is 15.2 Å². The third-order valence-corrected chi connectivity index (χ3v) is 2.86. The van der Waals surface area contributed by atoms with Crippen LogP contribution < -0.4 is 5.32 Å². The van der Waals surface area contributed by atoms with Gasteiger partial charge in [0.15, 0.2) is 0 Å². The molecule has 0 amide bonds. The van der Waals surface area contributed by atoms with Gasteiger partial charge in [-0.15, -0.1) is 0 Å². The van der Waals surface area contributed by atoms with Crippen molar-refractivity contribution in [1.82, 2.24) is 4.98 Å². The molecule has 1 unspecified atom stereocenters. The molecule has 0 aliphatic carbocycles. The Morgan fingerprint density at radius 3 is 2.55 bits per heavy atom. The van der Waals surface area contributed by atoms with Crippen molar-refractivity contribution in [2.24, 2.45) is 0 Å². The van der Waals surface area contributed by atoms with Crippen molar-refractivity contribution < 1.29 is 10.0 Å². The van der Waals surface area contributed by atoms with Gasteiger partial charge in [-0.05, 0) is 18.1 Å². The first kappa shape index (κ1) is 14.0. The molecule has 1 atom stereocenters. The summed E-state index contributed by atoms with van der Waals surface area (Å²) in [6.45, 7) is -0.0481. The number of pyridine rings is 1. The fourth-order valence-corrected chi connectivity index (χ4v) is 1.85. The lowest BCUT2D eigenvalue weighted by atomic mass is 10.1. The van der Waals surface area contributed by atoms with Gasteiger partial charge in [-0.2, -0.15) is 0 Å². The number of aliphatic hydroxyl groups is 1. The Kier molecular flexibility index (Phi) is 4.62. The molecule has 2 rings (SSSR count). The molecule has 0 spiro atoms. The van der Waals surface area contributed by atoms with Gasteiger partial charge in [0, 0.05) is 6.07 Å². The van der Waals surface area contributed by atoms with E-state index in [0.717, 1.165) is 5.56 Å². The molecular formula is C14H15N3O3. The zero-order chi connectivity index (χ0) is 14.4. The van der Waals surface area contributed by atoms with Crippen LogP contribution in [0.2, 0.25) is 0 Å². The Balaban J connectivity index is 2.01. The first-order valence-electron chi connectivity index (χ1n) is 6.21. The van der Waals surface area contributed by atoms with E-state index >= 15 is 0 Å². The Morgan fingerprint density at radius 2 is 2.00 bits per heavy atom. The summed E-state index contributed by atoms with van der Waals surface area (Å²) in [6, 6.07) is 12.5. The average Bonchev–Trinajstić information content (AvgIpc) is 2.48. The van der Waals surface area contributed by atoms with Crippen LogP contribution in [0.3, 0.4) is 0 Å². The monoisotopic (exact) mass is 273 g/mol. The number of aromatic nitrogens is 1. The first-order valence-corrected chi connectivity index (χ1v) is 6.21. The Morgan fingerprint density at radius 1 is 1.25 bits per heavy atom. The summed E-state index contributed by atoms with van der Waals surface area (Å²) in [5.74, 6) is 0.505. The van der Waals surface area contributed by atoms with Crippen LogP contribution in [0, 0.1) is 10.1 Å². The van der Waals surface area contributed by atoms with E-state index in [-0.39, 0.29) is 18.3 Å². The van der Waals surface area contributed by atoms with E-state index in [0.29, 0.717) is 12.2 Å². The normalized spacial score (nSPS) is 11.8. The van der Waals surface area contributed by atoms with Crippen molar-refractivity contribution in [3.8, 4) is 0 Å². The van der Waals surface area contributed by atoms with E-state index in [1.165, 1.54) is 18.3 Å². The second kappa shape index (κ2) is 6.63. The van der Waals surface area contributed by atoms with Gasteiger partial charge >= 0.3 is 0 Å². The van der Waals surface area contributed by atoms with Crippen LogP contribution >= 0.6 is 0 Å². The summed E-state index contributed by atoms with van der Waals surface area (Å²) in [7, 11) is 0. The molecule has 6 nitrogen and oxygen atoms in total. The number of nitrogens with zero attached hydrogens (tertiary/aromatic N) is 2. The Labute approximate surface area is 116 Å². The second-order valence-corrected chi connectivity index (χ2v) is 4.37. The van der Waals surface area contributed by atoms with Crippen molar-refractivity contribution in [1.29, 1.82) is 0 Å².